The molecule has 0 saturated heterocycles. The van der Waals surface area contributed by atoms with Gasteiger partial charge in [-0.15, -0.1) is 0 Å². The standard InChI is InChI=1S/C9H10Cl2N2O4S/c1-17-8(16)5(15)4(14)3-6(10)12-9(18-2)13-7(3)11/h4-5,14-15H,1-2H3. The third-order valence-corrected chi connectivity index (χ3v) is 3.18. The van der Waals surface area contributed by atoms with E-state index in [4.69, 9.17) is 23.2 Å². The fourth-order valence-corrected chi connectivity index (χ4v) is 2.22. The third kappa shape index (κ3) is 3.24. The molecule has 18 heavy (non-hydrogen) atoms. The fraction of sp³-hybridized carbons (Fsp3) is 0.444. The number of aromatic nitrogens is 2. The summed E-state index contributed by atoms with van der Waals surface area (Å²) < 4.78 is 4.30. The molecule has 1 heterocycles. The molecule has 0 radical (unpaired) electrons. The fourth-order valence-electron chi connectivity index (χ4n) is 1.14. The number of rotatable bonds is 4. The minimum atomic E-state index is -1.81. The maximum absolute atomic E-state index is 11.1. The monoisotopic (exact) mass is 312 g/mol. The number of methoxy groups -OCH3 is 1. The Labute approximate surface area is 117 Å². The Hall–Kier alpha value is -0.600. The Morgan fingerprint density at radius 1 is 1.33 bits per heavy atom. The Morgan fingerprint density at radius 3 is 2.22 bits per heavy atom. The second kappa shape index (κ2) is 6.53. The quantitative estimate of drug-likeness (QED) is 0.372. The summed E-state index contributed by atoms with van der Waals surface area (Å²) in [6.45, 7) is 0. The van der Waals surface area contributed by atoms with Crippen molar-refractivity contribution in [1.29, 1.82) is 0 Å². The lowest BCUT2D eigenvalue weighted by molar-refractivity contribution is -0.156. The van der Waals surface area contributed by atoms with E-state index >= 15 is 0 Å². The zero-order valence-electron chi connectivity index (χ0n) is 9.42. The molecule has 0 bridgehead atoms. The summed E-state index contributed by atoms with van der Waals surface area (Å²) in [7, 11) is 1.08. The van der Waals surface area contributed by atoms with Crippen molar-refractivity contribution >= 4 is 40.9 Å². The van der Waals surface area contributed by atoms with Crippen LogP contribution in [0.1, 0.15) is 11.7 Å². The van der Waals surface area contributed by atoms with Gasteiger partial charge in [-0.1, -0.05) is 35.0 Å². The minimum absolute atomic E-state index is 0.117. The summed E-state index contributed by atoms with van der Waals surface area (Å²) in [6, 6.07) is 0. The molecule has 0 spiro atoms. The van der Waals surface area contributed by atoms with E-state index in [1.165, 1.54) is 11.8 Å². The molecular formula is C9H10Cl2N2O4S. The lowest BCUT2D eigenvalue weighted by Crippen LogP contribution is -2.29. The molecule has 0 aliphatic rings. The zero-order chi connectivity index (χ0) is 13.9. The van der Waals surface area contributed by atoms with Crippen LogP contribution in [0.4, 0.5) is 0 Å². The predicted octanol–water partition coefficient (Wildman–Crippen LogP) is 1.07. The van der Waals surface area contributed by atoms with Crippen LogP contribution in [0.15, 0.2) is 5.16 Å². The van der Waals surface area contributed by atoms with E-state index in [1.807, 2.05) is 0 Å². The van der Waals surface area contributed by atoms with E-state index in [-0.39, 0.29) is 15.9 Å². The highest BCUT2D eigenvalue weighted by Crippen LogP contribution is 2.31. The summed E-state index contributed by atoms with van der Waals surface area (Å²) in [6.07, 6.45) is -1.75. The zero-order valence-corrected chi connectivity index (χ0v) is 11.8. The first-order valence-electron chi connectivity index (χ1n) is 4.63. The second-order valence-electron chi connectivity index (χ2n) is 3.12. The van der Waals surface area contributed by atoms with Gasteiger partial charge in [-0.25, -0.2) is 14.8 Å². The number of aliphatic hydroxyl groups excluding tert-OH is 2. The average Bonchev–Trinajstić information content (AvgIpc) is 2.35. The summed E-state index contributed by atoms with van der Waals surface area (Å²) in [5.74, 6) is -1.01. The molecule has 0 aliphatic carbocycles. The van der Waals surface area contributed by atoms with Crippen molar-refractivity contribution in [3.05, 3.63) is 15.9 Å². The molecule has 0 amide bonds. The van der Waals surface area contributed by atoms with Gasteiger partial charge in [-0.05, 0) is 6.26 Å². The SMILES string of the molecule is COC(=O)C(O)C(O)c1c(Cl)nc(SC)nc1Cl. The topological polar surface area (TPSA) is 92.5 Å². The number of aliphatic hydroxyl groups is 2. The number of nitrogens with zero attached hydrogens (tertiary/aromatic N) is 2. The van der Waals surface area contributed by atoms with E-state index in [0.29, 0.717) is 5.16 Å². The van der Waals surface area contributed by atoms with Crippen molar-refractivity contribution in [3.8, 4) is 0 Å². The average molecular weight is 313 g/mol. The molecule has 0 aromatic carbocycles. The van der Waals surface area contributed by atoms with Crippen LogP contribution in [0.3, 0.4) is 0 Å². The van der Waals surface area contributed by atoms with Crippen LogP contribution in [0.2, 0.25) is 10.3 Å². The molecule has 1 aromatic rings. The van der Waals surface area contributed by atoms with Gasteiger partial charge in [0.05, 0.1) is 12.7 Å². The first-order chi connectivity index (χ1) is 8.42. The van der Waals surface area contributed by atoms with Crippen molar-refractivity contribution in [3.63, 3.8) is 0 Å². The van der Waals surface area contributed by atoms with Crippen LogP contribution < -0.4 is 0 Å². The molecule has 100 valence electrons. The summed E-state index contributed by atoms with van der Waals surface area (Å²) >= 11 is 12.9. The Bertz CT molecular complexity index is 437. The van der Waals surface area contributed by atoms with Crippen molar-refractivity contribution < 1.29 is 19.7 Å². The van der Waals surface area contributed by atoms with Crippen molar-refractivity contribution in [2.45, 2.75) is 17.4 Å². The molecule has 9 heteroatoms. The number of thioether (sulfide) groups is 1. The molecule has 1 aromatic heterocycles. The maximum atomic E-state index is 11.1. The summed E-state index contributed by atoms with van der Waals surface area (Å²) in [4.78, 5) is 18.8. The molecule has 0 aliphatic heterocycles. The number of carbonyl (C=O) groups excluding carboxylic acids is 1. The summed E-state index contributed by atoms with van der Waals surface area (Å²) in [5.41, 5.74) is -0.117. The normalized spacial score (nSPS) is 14.1. The number of halogens is 2. The second-order valence-corrected chi connectivity index (χ2v) is 4.61. The van der Waals surface area contributed by atoms with E-state index in [1.54, 1.807) is 6.26 Å². The molecule has 0 saturated carbocycles. The van der Waals surface area contributed by atoms with Crippen LogP contribution in [0.5, 0.6) is 0 Å². The maximum Gasteiger partial charge on any atom is 0.337 e. The van der Waals surface area contributed by atoms with Crippen LogP contribution in [-0.2, 0) is 9.53 Å². The van der Waals surface area contributed by atoms with Crippen LogP contribution in [0, 0.1) is 0 Å². The molecule has 0 fully saturated rings. The van der Waals surface area contributed by atoms with Crippen LogP contribution in [0.25, 0.3) is 0 Å². The van der Waals surface area contributed by atoms with Gasteiger partial charge < -0.3 is 14.9 Å². The molecular weight excluding hydrogens is 303 g/mol. The lowest BCUT2D eigenvalue weighted by atomic mass is 10.1. The van der Waals surface area contributed by atoms with E-state index in [9.17, 15) is 15.0 Å². The van der Waals surface area contributed by atoms with Gasteiger partial charge in [0.1, 0.15) is 16.4 Å². The van der Waals surface area contributed by atoms with Gasteiger partial charge in [0.15, 0.2) is 11.3 Å². The van der Waals surface area contributed by atoms with Crippen molar-refractivity contribution in [2.75, 3.05) is 13.4 Å². The van der Waals surface area contributed by atoms with E-state index < -0.39 is 18.2 Å². The van der Waals surface area contributed by atoms with Gasteiger partial charge in [0.2, 0.25) is 0 Å². The van der Waals surface area contributed by atoms with Gasteiger partial charge in [-0.2, -0.15) is 0 Å². The van der Waals surface area contributed by atoms with Crippen molar-refractivity contribution in [2.24, 2.45) is 0 Å². The molecule has 2 unspecified atom stereocenters. The minimum Gasteiger partial charge on any atom is -0.467 e. The van der Waals surface area contributed by atoms with E-state index in [0.717, 1.165) is 7.11 Å². The van der Waals surface area contributed by atoms with Gasteiger partial charge in [-0.3, -0.25) is 0 Å². The molecule has 1 rings (SSSR count). The van der Waals surface area contributed by atoms with Gasteiger partial charge >= 0.3 is 5.97 Å². The largest absolute Gasteiger partial charge is 0.467 e. The Balaban J connectivity index is 3.13. The first kappa shape index (κ1) is 15.5. The van der Waals surface area contributed by atoms with Crippen LogP contribution >= 0.6 is 35.0 Å². The Kier molecular flexibility index (Phi) is 5.61. The number of ether oxygens (including phenoxy) is 1. The molecule has 6 nitrogen and oxygen atoms in total. The first-order valence-corrected chi connectivity index (χ1v) is 6.61. The number of esters is 1. The van der Waals surface area contributed by atoms with E-state index in [2.05, 4.69) is 14.7 Å². The highest BCUT2D eigenvalue weighted by molar-refractivity contribution is 7.98. The van der Waals surface area contributed by atoms with Gasteiger partial charge in [0, 0.05) is 0 Å². The highest BCUT2D eigenvalue weighted by atomic mass is 35.5. The molecule has 2 atom stereocenters. The predicted molar refractivity (Wildman–Crippen MR) is 66.8 cm³/mol. The number of hydrogen-bond donors (Lipinski definition) is 2. The Morgan fingerprint density at radius 2 is 1.83 bits per heavy atom. The smallest absolute Gasteiger partial charge is 0.337 e. The van der Waals surface area contributed by atoms with Crippen molar-refractivity contribution in [1.82, 2.24) is 9.97 Å². The summed E-state index contributed by atoms with van der Waals surface area (Å²) in [5, 5.41) is 19.4. The van der Waals surface area contributed by atoms with Crippen LogP contribution in [-0.4, -0.2) is 45.6 Å². The highest BCUT2D eigenvalue weighted by Gasteiger charge is 2.31. The van der Waals surface area contributed by atoms with Gasteiger partial charge in [0.25, 0.3) is 0 Å². The number of carbonyl (C=O) groups is 1. The molecule has 2 N–H and O–H groups in total. The third-order valence-electron chi connectivity index (χ3n) is 2.05. The lowest BCUT2D eigenvalue weighted by Gasteiger charge is -2.17. The number of hydrogen-bond acceptors (Lipinski definition) is 7.